The highest BCUT2D eigenvalue weighted by Gasteiger charge is 2.44. The van der Waals surface area contributed by atoms with Gasteiger partial charge < -0.3 is 0 Å². The SMILES string of the molecule is CCCN1Cc2ccccc2C1(Cl)c1ccccc1. The molecule has 2 aromatic rings. The fraction of sp³-hybridized carbons (Fsp3) is 0.294. The molecule has 0 saturated heterocycles. The van der Waals surface area contributed by atoms with E-state index in [9.17, 15) is 0 Å². The van der Waals surface area contributed by atoms with Crippen molar-refractivity contribution >= 4 is 11.6 Å². The lowest BCUT2D eigenvalue weighted by molar-refractivity contribution is 0.211. The van der Waals surface area contributed by atoms with Crippen molar-refractivity contribution in [2.45, 2.75) is 24.9 Å². The Kier molecular flexibility index (Phi) is 3.34. The number of rotatable bonds is 3. The minimum absolute atomic E-state index is 0.506. The standard InChI is InChI=1S/C17H18ClN/c1-2-12-19-13-14-8-6-7-11-16(14)17(19,18)15-9-4-3-5-10-15/h3-11H,2,12-13H2,1H3. The molecule has 19 heavy (non-hydrogen) atoms. The Balaban J connectivity index is 2.14. The number of fused-ring (bicyclic) bond motifs is 1. The van der Waals surface area contributed by atoms with E-state index in [2.05, 4.69) is 60.4 Å². The van der Waals surface area contributed by atoms with Crippen LogP contribution in [0.3, 0.4) is 0 Å². The molecule has 0 saturated carbocycles. The monoisotopic (exact) mass is 271 g/mol. The van der Waals surface area contributed by atoms with Crippen LogP contribution < -0.4 is 0 Å². The average molecular weight is 272 g/mol. The lowest BCUT2D eigenvalue weighted by Gasteiger charge is -2.34. The van der Waals surface area contributed by atoms with Gasteiger partial charge in [-0.25, -0.2) is 0 Å². The third kappa shape index (κ3) is 1.98. The van der Waals surface area contributed by atoms with Crippen molar-refractivity contribution in [1.29, 1.82) is 0 Å². The van der Waals surface area contributed by atoms with Crippen LogP contribution in [0.5, 0.6) is 0 Å². The van der Waals surface area contributed by atoms with Crippen LogP contribution in [-0.4, -0.2) is 11.4 Å². The van der Waals surface area contributed by atoms with Gasteiger partial charge in [0.2, 0.25) is 0 Å². The van der Waals surface area contributed by atoms with Crippen molar-refractivity contribution in [2.24, 2.45) is 0 Å². The highest BCUT2D eigenvalue weighted by Crippen LogP contribution is 2.47. The van der Waals surface area contributed by atoms with E-state index in [1.165, 1.54) is 11.1 Å². The van der Waals surface area contributed by atoms with Crippen LogP contribution in [0.15, 0.2) is 54.6 Å². The summed E-state index contributed by atoms with van der Waals surface area (Å²) in [6, 6.07) is 18.9. The first-order chi connectivity index (χ1) is 9.26. The minimum Gasteiger partial charge on any atom is -0.273 e. The van der Waals surface area contributed by atoms with Crippen molar-refractivity contribution < 1.29 is 0 Å². The zero-order valence-electron chi connectivity index (χ0n) is 11.1. The number of hydrogen-bond acceptors (Lipinski definition) is 1. The van der Waals surface area contributed by atoms with Gasteiger partial charge in [-0.1, -0.05) is 73.1 Å². The molecule has 1 aliphatic rings. The van der Waals surface area contributed by atoms with Crippen molar-refractivity contribution in [3.63, 3.8) is 0 Å². The summed E-state index contributed by atoms with van der Waals surface area (Å²) in [7, 11) is 0. The van der Waals surface area contributed by atoms with E-state index in [0.29, 0.717) is 0 Å². The molecule has 0 N–H and O–H groups in total. The van der Waals surface area contributed by atoms with Crippen LogP contribution in [0.4, 0.5) is 0 Å². The van der Waals surface area contributed by atoms with Crippen LogP contribution >= 0.6 is 11.6 Å². The first kappa shape index (κ1) is 12.7. The molecule has 0 spiro atoms. The molecule has 1 aliphatic heterocycles. The quantitative estimate of drug-likeness (QED) is 0.592. The van der Waals surface area contributed by atoms with E-state index in [1.807, 2.05) is 6.07 Å². The number of benzene rings is 2. The number of alkyl halides is 1. The molecule has 1 heterocycles. The van der Waals surface area contributed by atoms with E-state index < -0.39 is 5.00 Å². The molecule has 0 amide bonds. The third-order valence-corrected chi connectivity index (χ3v) is 4.48. The van der Waals surface area contributed by atoms with Gasteiger partial charge in [0.15, 0.2) is 0 Å². The summed E-state index contributed by atoms with van der Waals surface area (Å²) in [5.41, 5.74) is 3.74. The number of nitrogens with zero attached hydrogens (tertiary/aromatic N) is 1. The lowest BCUT2D eigenvalue weighted by Crippen LogP contribution is -2.37. The maximum atomic E-state index is 7.10. The van der Waals surface area contributed by atoms with Gasteiger partial charge >= 0.3 is 0 Å². The van der Waals surface area contributed by atoms with Crippen LogP contribution in [0.25, 0.3) is 0 Å². The summed E-state index contributed by atoms with van der Waals surface area (Å²) in [6.07, 6.45) is 1.11. The fourth-order valence-corrected chi connectivity index (χ4v) is 3.42. The summed E-state index contributed by atoms with van der Waals surface area (Å²) >= 11 is 7.10. The van der Waals surface area contributed by atoms with Crippen LogP contribution in [-0.2, 0) is 11.5 Å². The van der Waals surface area contributed by atoms with Gasteiger partial charge in [-0.15, -0.1) is 0 Å². The van der Waals surface area contributed by atoms with Crippen LogP contribution in [0, 0.1) is 0 Å². The fourth-order valence-electron chi connectivity index (χ4n) is 2.97. The Morgan fingerprint density at radius 1 is 1.05 bits per heavy atom. The first-order valence-electron chi connectivity index (χ1n) is 6.84. The molecule has 2 heteroatoms. The van der Waals surface area contributed by atoms with Gasteiger partial charge in [0.25, 0.3) is 0 Å². The normalized spacial score (nSPS) is 22.4. The van der Waals surface area contributed by atoms with E-state index in [0.717, 1.165) is 25.1 Å². The summed E-state index contributed by atoms with van der Waals surface area (Å²) in [4.78, 5) is 1.86. The molecule has 0 fully saturated rings. The largest absolute Gasteiger partial charge is 0.273 e. The molecule has 1 unspecified atom stereocenters. The molecule has 0 bridgehead atoms. The molecule has 0 radical (unpaired) electrons. The van der Waals surface area contributed by atoms with Gasteiger partial charge in [-0.3, -0.25) is 4.90 Å². The summed E-state index contributed by atoms with van der Waals surface area (Å²) < 4.78 is 0. The average Bonchev–Trinajstić information content (AvgIpc) is 2.75. The molecule has 0 aromatic heterocycles. The van der Waals surface area contributed by atoms with Crippen molar-refractivity contribution in [3.8, 4) is 0 Å². The highest BCUT2D eigenvalue weighted by atomic mass is 35.5. The van der Waals surface area contributed by atoms with Gasteiger partial charge in [0.05, 0.1) is 0 Å². The zero-order chi connectivity index (χ0) is 13.3. The van der Waals surface area contributed by atoms with E-state index in [-0.39, 0.29) is 0 Å². The maximum Gasteiger partial charge on any atom is 0.148 e. The second-order valence-corrected chi connectivity index (χ2v) is 5.61. The van der Waals surface area contributed by atoms with E-state index in [4.69, 9.17) is 11.6 Å². The van der Waals surface area contributed by atoms with Crippen molar-refractivity contribution in [3.05, 3.63) is 71.3 Å². The second-order valence-electron chi connectivity index (χ2n) is 5.07. The summed E-state index contributed by atoms with van der Waals surface area (Å²) in [5, 5.41) is 0. The molecule has 0 aliphatic carbocycles. The molecule has 2 aromatic carbocycles. The predicted molar refractivity (Wildman–Crippen MR) is 80.2 cm³/mol. The molecule has 1 atom stereocenters. The lowest BCUT2D eigenvalue weighted by atomic mass is 9.97. The smallest absolute Gasteiger partial charge is 0.148 e. The first-order valence-corrected chi connectivity index (χ1v) is 7.22. The van der Waals surface area contributed by atoms with Crippen LogP contribution in [0.2, 0.25) is 0 Å². The Morgan fingerprint density at radius 2 is 1.74 bits per heavy atom. The molecular weight excluding hydrogens is 254 g/mol. The molecule has 1 nitrogen and oxygen atoms in total. The summed E-state index contributed by atoms with van der Waals surface area (Å²) in [5.74, 6) is 0. The Morgan fingerprint density at radius 3 is 2.47 bits per heavy atom. The molecule has 98 valence electrons. The van der Waals surface area contributed by atoms with E-state index >= 15 is 0 Å². The van der Waals surface area contributed by atoms with Gasteiger partial charge in [0.1, 0.15) is 5.00 Å². The summed E-state index contributed by atoms with van der Waals surface area (Å²) in [6.45, 7) is 4.14. The van der Waals surface area contributed by atoms with Crippen molar-refractivity contribution in [1.82, 2.24) is 4.90 Å². The third-order valence-electron chi connectivity index (χ3n) is 3.82. The van der Waals surface area contributed by atoms with Gasteiger partial charge in [-0.05, 0) is 23.1 Å². The van der Waals surface area contributed by atoms with Crippen LogP contribution in [0.1, 0.15) is 30.0 Å². The predicted octanol–water partition coefficient (Wildman–Crippen LogP) is 4.35. The zero-order valence-corrected chi connectivity index (χ0v) is 11.9. The molecular formula is C17H18ClN. The highest BCUT2D eigenvalue weighted by molar-refractivity contribution is 6.26. The Hall–Kier alpha value is -1.31. The van der Waals surface area contributed by atoms with Gasteiger partial charge in [0, 0.05) is 13.1 Å². The topological polar surface area (TPSA) is 3.24 Å². The maximum absolute atomic E-state index is 7.10. The van der Waals surface area contributed by atoms with Gasteiger partial charge in [-0.2, -0.15) is 0 Å². The second kappa shape index (κ2) is 4.99. The van der Waals surface area contributed by atoms with E-state index in [1.54, 1.807) is 0 Å². The molecule has 3 rings (SSSR count). The Bertz CT molecular complexity index is 566. The Labute approximate surface area is 119 Å². The number of hydrogen-bond donors (Lipinski definition) is 0. The minimum atomic E-state index is -0.506. The van der Waals surface area contributed by atoms with Crippen molar-refractivity contribution in [2.75, 3.05) is 6.54 Å². The number of halogens is 1.